The first kappa shape index (κ1) is 13.7. The van der Waals surface area contributed by atoms with Gasteiger partial charge < -0.3 is 9.84 Å². The van der Waals surface area contributed by atoms with Crippen molar-refractivity contribution in [2.24, 2.45) is 0 Å². The van der Waals surface area contributed by atoms with E-state index in [0.29, 0.717) is 6.42 Å². The first-order valence-corrected chi connectivity index (χ1v) is 5.25. The van der Waals surface area contributed by atoms with Crippen molar-refractivity contribution in [3.8, 4) is 5.75 Å². The molecule has 0 bridgehead atoms. The molecule has 1 rings (SSSR count). The lowest BCUT2D eigenvalue weighted by Gasteiger charge is -2.14. The number of hydrogen-bond donors (Lipinski definition) is 1. The van der Waals surface area contributed by atoms with Gasteiger partial charge in [-0.3, -0.25) is 10.1 Å². The maximum Gasteiger partial charge on any atom is 0.339 e. The van der Waals surface area contributed by atoms with E-state index in [-0.39, 0.29) is 23.1 Å². The van der Waals surface area contributed by atoms with Crippen LogP contribution in [0, 0.1) is 10.1 Å². The number of nitrogens with zero attached hydrogens (tertiary/aromatic N) is 1. The Morgan fingerprint density at radius 2 is 2.33 bits per heavy atom. The van der Waals surface area contributed by atoms with E-state index in [1.807, 2.05) is 0 Å². The summed E-state index contributed by atoms with van der Waals surface area (Å²) in [6, 6.07) is 3.79. The number of nitro groups is 1. The van der Waals surface area contributed by atoms with E-state index in [4.69, 9.17) is 9.84 Å². The monoisotopic (exact) mass is 251 g/mol. The lowest BCUT2D eigenvalue weighted by Crippen LogP contribution is -2.14. The summed E-state index contributed by atoms with van der Waals surface area (Å²) < 4.78 is 5.35. The first-order valence-electron chi connectivity index (χ1n) is 5.25. The molecule has 96 valence electrons. The van der Waals surface area contributed by atoms with Crippen molar-refractivity contribution in [2.75, 3.05) is 0 Å². The molecule has 0 heterocycles. The fourth-order valence-electron chi connectivity index (χ4n) is 1.44. The van der Waals surface area contributed by atoms with Crippen LogP contribution >= 0.6 is 0 Å². The number of carboxylic acids is 1. The predicted molar refractivity (Wildman–Crippen MR) is 65.0 cm³/mol. The van der Waals surface area contributed by atoms with E-state index in [1.54, 1.807) is 13.0 Å². The van der Waals surface area contributed by atoms with Crippen molar-refractivity contribution >= 4 is 11.7 Å². The number of carbonyl (C=O) groups is 1. The fourth-order valence-corrected chi connectivity index (χ4v) is 1.44. The van der Waals surface area contributed by atoms with Gasteiger partial charge in [-0.15, -0.1) is 6.58 Å². The van der Waals surface area contributed by atoms with Crippen molar-refractivity contribution in [3.05, 3.63) is 46.5 Å². The Balaban J connectivity index is 3.22. The van der Waals surface area contributed by atoms with E-state index >= 15 is 0 Å². The highest BCUT2D eigenvalue weighted by Crippen LogP contribution is 2.32. The van der Waals surface area contributed by atoms with Gasteiger partial charge in [0.15, 0.2) is 0 Å². The van der Waals surface area contributed by atoms with E-state index in [1.165, 1.54) is 18.2 Å². The van der Waals surface area contributed by atoms with Crippen molar-refractivity contribution in [2.45, 2.75) is 19.4 Å². The van der Waals surface area contributed by atoms with Crippen LogP contribution in [0.1, 0.15) is 23.7 Å². The molecule has 18 heavy (non-hydrogen) atoms. The summed E-state index contributed by atoms with van der Waals surface area (Å²) in [6.45, 7) is 5.21. The fraction of sp³-hybridized carbons (Fsp3) is 0.250. The second-order valence-corrected chi connectivity index (χ2v) is 3.67. The Kier molecular flexibility index (Phi) is 4.42. The van der Waals surface area contributed by atoms with Crippen LogP contribution in [0.2, 0.25) is 0 Å². The zero-order valence-corrected chi connectivity index (χ0v) is 9.83. The predicted octanol–water partition coefficient (Wildman–Crippen LogP) is 2.64. The van der Waals surface area contributed by atoms with E-state index in [9.17, 15) is 14.9 Å². The standard InChI is InChI=1S/C12H13NO5/c1-3-5-8(2)18-11-9(12(14)15)6-4-7-10(11)13(16)17/h3-4,6-8H,1,5H2,2H3,(H,14,15). The van der Waals surface area contributed by atoms with Gasteiger partial charge in [-0.25, -0.2) is 4.79 Å². The smallest absolute Gasteiger partial charge is 0.339 e. The minimum atomic E-state index is -1.26. The Morgan fingerprint density at radius 1 is 1.67 bits per heavy atom. The third kappa shape index (κ3) is 3.07. The summed E-state index contributed by atoms with van der Waals surface area (Å²) in [6.07, 6.45) is 1.67. The zero-order valence-electron chi connectivity index (χ0n) is 9.83. The van der Waals surface area contributed by atoms with Crippen molar-refractivity contribution < 1.29 is 19.6 Å². The highest BCUT2D eigenvalue weighted by Gasteiger charge is 2.24. The van der Waals surface area contributed by atoms with Gasteiger partial charge >= 0.3 is 11.7 Å². The topological polar surface area (TPSA) is 89.7 Å². The second kappa shape index (κ2) is 5.81. The highest BCUT2D eigenvalue weighted by atomic mass is 16.6. The van der Waals surface area contributed by atoms with Crippen molar-refractivity contribution in [3.63, 3.8) is 0 Å². The average molecular weight is 251 g/mol. The van der Waals surface area contributed by atoms with Crippen LogP contribution in [-0.4, -0.2) is 22.1 Å². The number of aromatic carboxylic acids is 1. The minimum absolute atomic E-state index is 0.218. The highest BCUT2D eigenvalue weighted by molar-refractivity contribution is 5.92. The molecule has 1 aromatic rings. The summed E-state index contributed by atoms with van der Waals surface area (Å²) in [5.41, 5.74) is -0.578. The summed E-state index contributed by atoms with van der Waals surface area (Å²) in [4.78, 5) is 21.2. The van der Waals surface area contributed by atoms with Gasteiger partial charge in [-0.05, 0) is 13.0 Å². The van der Waals surface area contributed by atoms with Gasteiger partial charge in [0.1, 0.15) is 5.56 Å². The third-order valence-corrected chi connectivity index (χ3v) is 2.24. The molecule has 6 heteroatoms. The molecule has 0 saturated heterocycles. The molecule has 0 amide bonds. The molecule has 0 spiro atoms. The van der Waals surface area contributed by atoms with Crippen LogP contribution in [-0.2, 0) is 0 Å². The summed E-state index contributed by atoms with van der Waals surface area (Å²) in [7, 11) is 0. The minimum Gasteiger partial charge on any atom is -0.483 e. The van der Waals surface area contributed by atoms with Crippen LogP contribution in [0.25, 0.3) is 0 Å². The summed E-state index contributed by atoms with van der Waals surface area (Å²) >= 11 is 0. The average Bonchev–Trinajstić information content (AvgIpc) is 2.28. The molecule has 6 nitrogen and oxygen atoms in total. The number of ether oxygens (including phenoxy) is 1. The van der Waals surface area contributed by atoms with Gasteiger partial charge in [0.2, 0.25) is 5.75 Å². The first-order chi connectivity index (χ1) is 8.47. The van der Waals surface area contributed by atoms with Gasteiger partial charge in [-0.1, -0.05) is 12.1 Å². The molecule has 1 unspecified atom stereocenters. The second-order valence-electron chi connectivity index (χ2n) is 3.67. The number of rotatable bonds is 6. The molecule has 0 aliphatic heterocycles. The lowest BCUT2D eigenvalue weighted by molar-refractivity contribution is -0.386. The molecule has 1 N–H and O–H groups in total. The zero-order chi connectivity index (χ0) is 13.7. The molecule has 0 aliphatic carbocycles. The number of nitro benzene ring substituents is 1. The van der Waals surface area contributed by atoms with Crippen molar-refractivity contribution in [1.29, 1.82) is 0 Å². The third-order valence-electron chi connectivity index (χ3n) is 2.24. The Hall–Kier alpha value is -2.37. The van der Waals surface area contributed by atoms with Crippen molar-refractivity contribution in [1.82, 2.24) is 0 Å². The van der Waals surface area contributed by atoms with Gasteiger partial charge in [-0.2, -0.15) is 0 Å². The molecule has 0 aliphatic rings. The quantitative estimate of drug-likeness (QED) is 0.477. The van der Waals surface area contributed by atoms with Crippen LogP contribution in [0.5, 0.6) is 5.75 Å². The number of hydrogen-bond acceptors (Lipinski definition) is 4. The maximum atomic E-state index is 11.0. The molecule has 1 aromatic carbocycles. The summed E-state index contributed by atoms with van der Waals surface area (Å²) in [5, 5.41) is 19.8. The molecule has 0 saturated carbocycles. The van der Waals surface area contributed by atoms with E-state index < -0.39 is 10.9 Å². The number of para-hydroxylation sites is 1. The SMILES string of the molecule is C=CCC(C)Oc1c(C(=O)O)cccc1[N+](=O)[O-]. The number of benzene rings is 1. The maximum absolute atomic E-state index is 11.0. The van der Waals surface area contributed by atoms with Crippen LogP contribution in [0.4, 0.5) is 5.69 Å². The molecule has 0 radical (unpaired) electrons. The van der Waals surface area contributed by atoms with Crippen LogP contribution < -0.4 is 4.74 Å². The van der Waals surface area contributed by atoms with E-state index in [0.717, 1.165) is 0 Å². The largest absolute Gasteiger partial charge is 0.483 e. The Bertz CT molecular complexity index is 451. The summed E-state index contributed by atoms with van der Waals surface area (Å²) in [5.74, 6) is -1.48. The van der Waals surface area contributed by atoms with Gasteiger partial charge in [0, 0.05) is 12.5 Å². The number of carboxylic acid groups (broad SMARTS) is 1. The Labute approximate surface area is 104 Å². The van der Waals surface area contributed by atoms with Crippen LogP contribution in [0.15, 0.2) is 30.9 Å². The van der Waals surface area contributed by atoms with Gasteiger partial charge in [0.25, 0.3) is 0 Å². The Morgan fingerprint density at radius 3 is 2.83 bits per heavy atom. The molecular formula is C12H13NO5. The molecule has 0 fully saturated rings. The van der Waals surface area contributed by atoms with Crippen LogP contribution in [0.3, 0.4) is 0 Å². The normalized spacial score (nSPS) is 11.6. The van der Waals surface area contributed by atoms with E-state index in [2.05, 4.69) is 6.58 Å². The molecule has 1 atom stereocenters. The van der Waals surface area contributed by atoms with Gasteiger partial charge in [0.05, 0.1) is 11.0 Å². The molecule has 0 aromatic heterocycles. The molecular weight excluding hydrogens is 238 g/mol. The lowest BCUT2D eigenvalue weighted by atomic mass is 10.1.